The molecule has 0 aliphatic heterocycles. The molecule has 5 N–H and O–H groups in total. The Morgan fingerprint density at radius 1 is 1.43 bits per heavy atom. The van der Waals surface area contributed by atoms with Crippen molar-refractivity contribution in [1.82, 2.24) is 10.8 Å². The number of amides is 2. The molecule has 0 aliphatic carbocycles. The lowest BCUT2D eigenvalue weighted by Gasteiger charge is -2.13. The minimum atomic E-state index is -0.671. The Balaban J connectivity index is 3.78. The summed E-state index contributed by atoms with van der Waals surface area (Å²) in [6.45, 7) is 3.64. The molecule has 0 spiro atoms. The van der Waals surface area contributed by atoms with Gasteiger partial charge in [0.25, 0.3) is 5.91 Å². The zero-order valence-corrected chi connectivity index (χ0v) is 8.41. The second-order valence-corrected chi connectivity index (χ2v) is 3.49. The molecule has 6 nitrogen and oxygen atoms in total. The molecule has 6 heteroatoms. The van der Waals surface area contributed by atoms with Crippen molar-refractivity contribution in [2.75, 3.05) is 6.54 Å². The predicted octanol–water partition coefficient (Wildman–Crippen LogP) is -1.02. The van der Waals surface area contributed by atoms with E-state index in [0.717, 1.165) is 0 Å². The third kappa shape index (κ3) is 5.50. The van der Waals surface area contributed by atoms with Crippen molar-refractivity contribution < 1.29 is 14.8 Å². The zero-order chi connectivity index (χ0) is 11.1. The van der Waals surface area contributed by atoms with Crippen LogP contribution in [-0.2, 0) is 9.59 Å². The van der Waals surface area contributed by atoms with Crippen LogP contribution in [0.5, 0.6) is 0 Å². The van der Waals surface area contributed by atoms with E-state index in [0.29, 0.717) is 12.3 Å². The van der Waals surface area contributed by atoms with Gasteiger partial charge in [-0.1, -0.05) is 13.8 Å². The highest BCUT2D eigenvalue weighted by atomic mass is 16.5. The fourth-order valence-electron chi connectivity index (χ4n) is 0.953. The van der Waals surface area contributed by atoms with E-state index in [1.807, 2.05) is 13.8 Å². The van der Waals surface area contributed by atoms with E-state index in [1.165, 1.54) is 5.48 Å². The van der Waals surface area contributed by atoms with Crippen molar-refractivity contribution in [2.24, 2.45) is 11.7 Å². The number of carbonyl (C=O) groups is 2. The van der Waals surface area contributed by atoms with Gasteiger partial charge < -0.3 is 11.1 Å². The highest BCUT2D eigenvalue weighted by molar-refractivity contribution is 5.86. The minimum Gasteiger partial charge on any atom is -0.346 e. The number of nitrogens with two attached hydrogens (primary N) is 1. The SMILES string of the molecule is CC(C)C[C@H](N)C(=O)NCC(=O)NO. The average Bonchev–Trinajstić information content (AvgIpc) is 2.12. The van der Waals surface area contributed by atoms with Crippen LogP contribution in [0.25, 0.3) is 0 Å². The number of hydrogen-bond acceptors (Lipinski definition) is 4. The van der Waals surface area contributed by atoms with Gasteiger partial charge in [-0.2, -0.15) is 0 Å². The molecule has 0 fully saturated rings. The smallest absolute Gasteiger partial charge is 0.262 e. The van der Waals surface area contributed by atoms with E-state index in [9.17, 15) is 9.59 Å². The first-order valence-corrected chi connectivity index (χ1v) is 4.43. The van der Waals surface area contributed by atoms with E-state index >= 15 is 0 Å². The van der Waals surface area contributed by atoms with Gasteiger partial charge in [0.05, 0.1) is 12.6 Å². The molecule has 0 bridgehead atoms. The Morgan fingerprint density at radius 2 is 2.00 bits per heavy atom. The van der Waals surface area contributed by atoms with Crippen LogP contribution in [0.2, 0.25) is 0 Å². The Morgan fingerprint density at radius 3 is 2.43 bits per heavy atom. The van der Waals surface area contributed by atoms with Gasteiger partial charge in [0.15, 0.2) is 0 Å². The molecule has 1 atom stereocenters. The fourth-order valence-corrected chi connectivity index (χ4v) is 0.953. The second kappa shape index (κ2) is 6.33. The molecule has 0 saturated heterocycles. The maximum Gasteiger partial charge on any atom is 0.262 e. The topological polar surface area (TPSA) is 104 Å². The van der Waals surface area contributed by atoms with Gasteiger partial charge in [0.1, 0.15) is 0 Å². The van der Waals surface area contributed by atoms with Crippen LogP contribution < -0.4 is 16.5 Å². The number of hydroxylamine groups is 1. The molecule has 0 radical (unpaired) electrons. The maximum absolute atomic E-state index is 11.2. The monoisotopic (exact) mass is 203 g/mol. The van der Waals surface area contributed by atoms with Crippen molar-refractivity contribution in [2.45, 2.75) is 26.3 Å². The summed E-state index contributed by atoms with van der Waals surface area (Å²) >= 11 is 0. The molecule has 0 unspecified atom stereocenters. The molecule has 14 heavy (non-hydrogen) atoms. The minimum absolute atomic E-state index is 0.263. The number of carbonyl (C=O) groups excluding carboxylic acids is 2. The normalized spacial score (nSPS) is 12.4. The number of hydrogen-bond donors (Lipinski definition) is 4. The van der Waals surface area contributed by atoms with Gasteiger partial charge in [-0.25, -0.2) is 5.48 Å². The predicted molar refractivity (Wildman–Crippen MR) is 50.4 cm³/mol. The van der Waals surface area contributed by atoms with Crippen molar-refractivity contribution >= 4 is 11.8 Å². The molecule has 0 aliphatic rings. The van der Waals surface area contributed by atoms with Gasteiger partial charge in [-0.3, -0.25) is 14.8 Å². The molecule has 0 saturated carbocycles. The van der Waals surface area contributed by atoms with Crippen LogP contribution in [0.3, 0.4) is 0 Å². The van der Waals surface area contributed by atoms with Crippen LogP contribution in [0, 0.1) is 5.92 Å². The van der Waals surface area contributed by atoms with Crippen molar-refractivity contribution in [3.05, 3.63) is 0 Å². The van der Waals surface area contributed by atoms with Gasteiger partial charge in [-0.05, 0) is 12.3 Å². The van der Waals surface area contributed by atoms with Crippen LogP contribution in [0.15, 0.2) is 0 Å². The first-order chi connectivity index (χ1) is 6.47. The largest absolute Gasteiger partial charge is 0.346 e. The Labute approximate surface area is 82.8 Å². The van der Waals surface area contributed by atoms with Crippen LogP contribution in [-0.4, -0.2) is 29.6 Å². The van der Waals surface area contributed by atoms with Crippen LogP contribution >= 0.6 is 0 Å². The average molecular weight is 203 g/mol. The quantitative estimate of drug-likeness (QED) is 0.339. The second-order valence-electron chi connectivity index (χ2n) is 3.49. The van der Waals surface area contributed by atoms with Gasteiger partial charge >= 0.3 is 0 Å². The number of nitrogens with one attached hydrogen (secondary N) is 2. The summed E-state index contributed by atoms with van der Waals surface area (Å²) in [5.74, 6) is -0.736. The molecule has 2 amide bonds. The zero-order valence-electron chi connectivity index (χ0n) is 8.41. The highest BCUT2D eigenvalue weighted by Crippen LogP contribution is 2.01. The summed E-state index contributed by atoms with van der Waals surface area (Å²) in [7, 11) is 0. The molecule has 0 aromatic carbocycles. The van der Waals surface area contributed by atoms with E-state index in [1.54, 1.807) is 0 Å². The molecule has 0 aromatic rings. The van der Waals surface area contributed by atoms with Crippen molar-refractivity contribution in [3.8, 4) is 0 Å². The maximum atomic E-state index is 11.2. The molecule has 0 heterocycles. The fraction of sp³-hybridized carbons (Fsp3) is 0.750. The lowest BCUT2D eigenvalue weighted by atomic mass is 10.0. The van der Waals surface area contributed by atoms with Gasteiger partial charge in [0.2, 0.25) is 5.91 Å². The third-order valence-electron chi connectivity index (χ3n) is 1.61. The third-order valence-corrected chi connectivity index (χ3v) is 1.61. The first kappa shape index (κ1) is 12.9. The summed E-state index contributed by atoms with van der Waals surface area (Å²) in [4.78, 5) is 21.7. The van der Waals surface area contributed by atoms with E-state index < -0.39 is 11.9 Å². The van der Waals surface area contributed by atoms with Gasteiger partial charge in [-0.15, -0.1) is 0 Å². The Kier molecular flexibility index (Phi) is 5.82. The highest BCUT2D eigenvalue weighted by Gasteiger charge is 2.15. The summed E-state index contributed by atoms with van der Waals surface area (Å²) < 4.78 is 0. The molecule has 82 valence electrons. The van der Waals surface area contributed by atoms with E-state index in [4.69, 9.17) is 10.9 Å². The van der Waals surface area contributed by atoms with Crippen LogP contribution in [0.4, 0.5) is 0 Å². The van der Waals surface area contributed by atoms with Crippen LogP contribution in [0.1, 0.15) is 20.3 Å². The van der Waals surface area contributed by atoms with Crippen molar-refractivity contribution in [3.63, 3.8) is 0 Å². The lowest BCUT2D eigenvalue weighted by Crippen LogP contribution is -2.44. The first-order valence-electron chi connectivity index (χ1n) is 4.43. The molecular weight excluding hydrogens is 186 g/mol. The summed E-state index contributed by atoms with van der Waals surface area (Å²) in [6, 6.07) is -0.610. The molecule has 0 rings (SSSR count). The molecule has 0 aromatic heterocycles. The lowest BCUT2D eigenvalue weighted by molar-refractivity contribution is -0.131. The van der Waals surface area contributed by atoms with Crippen molar-refractivity contribution in [1.29, 1.82) is 0 Å². The Bertz CT molecular complexity index is 206. The Hall–Kier alpha value is -1.14. The van der Waals surface area contributed by atoms with Gasteiger partial charge in [0, 0.05) is 0 Å². The van der Waals surface area contributed by atoms with E-state index in [2.05, 4.69) is 5.32 Å². The summed E-state index contributed by atoms with van der Waals surface area (Å²) in [5.41, 5.74) is 6.95. The summed E-state index contributed by atoms with van der Waals surface area (Å²) in [5, 5.41) is 10.5. The standard InChI is InChI=1S/C8H17N3O3/c1-5(2)3-6(9)8(13)10-4-7(12)11-14/h5-6,14H,3-4,9H2,1-2H3,(H,10,13)(H,11,12)/t6-/m0/s1. The summed E-state index contributed by atoms with van der Waals surface area (Å²) in [6.07, 6.45) is 0.562. The number of rotatable bonds is 5. The van der Waals surface area contributed by atoms with E-state index in [-0.39, 0.29) is 12.5 Å². The molecular formula is C8H17N3O3.